The van der Waals surface area contributed by atoms with Crippen LogP contribution in [0.4, 0.5) is 0 Å². The molecule has 1 atom stereocenters. The van der Waals surface area contributed by atoms with E-state index in [2.05, 4.69) is 68.4 Å². The minimum Gasteiger partial charge on any atom is -0.494 e. The van der Waals surface area contributed by atoms with Crippen molar-refractivity contribution in [2.24, 2.45) is 11.8 Å². The zero-order chi connectivity index (χ0) is 24.0. The second-order valence-electron chi connectivity index (χ2n) is 10.3. The normalized spacial score (nSPS) is 18.9. The van der Waals surface area contributed by atoms with Gasteiger partial charge in [-0.25, -0.2) is 0 Å². The number of nitrogens with zero attached hydrogens (tertiary/aromatic N) is 1. The third kappa shape index (κ3) is 8.19. The summed E-state index contributed by atoms with van der Waals surface area (Å²) < 4.78 is 5.95. The number of hydrogen-bond acceptors (Lipinski definition) is 2. The van der Waals surface area contributed by atoms with Crippen LogP contribution in [0.3, 0.4) is 0 Å². The zero-order valence-corrected chi connectivity index (χ0v) is 21.6. The molecule has 1 aliphatic carbocycles. The molecule has 1 unspecified atom stereocenters. The van der Waals surface area contributed by atoms with Crippen molar-refractivity contribution >= 4 is 0 Å². The molecule has 0 bridgehead atoms. The van der Waals surface area contributed by atoms with E-state index in [1.165, 1.54) is 80.9 Å². The lowest BCUT2D eigenvalue weighted by Gasteiger charge is -2.31. The average molecular weight is 460 g/mol. The van der Waals surface area contributed by atoms with Crippen LogP contribution in [0.5, 0.6) is 5.75 Å². The van der Waals surface area contributed by atoms with Gasteiger partial charge in [-0.05, 0) is 79.2 Å². The predicted molar refractivity (Wildman–Crippen MR) is 144 cm³/mol. The summed E-state index contributed by atoms with van der Waals surface area (Å²) in [5.41, 5.74) is 3.97. The number of unbranched alkanes of at least 4 members (excludes halogenated alkanes) is 6. The van der Waals surface area contributed by atoms with Crippen LogP contribution in [0.15, 0.2) is 48.5 Å². The van der Waals surface area contributed by atoms with Crippen molar-refractivity contribution < 1.29 is 4.74 Å². The average Bonchev–Trinajstić information content (AvgIpc) is 2.89. The first kappa shape index (κ1) is 26.3. The molecule has 0 N–H and O–H groups in total. The Morgan fingerprint density at radius 1 is 0.765 bits per heavy atom. The van der Waals surface area contributed by atoms with Gasteiger partial charge in [0.15, 0.2) is 0 Å². The molecule has 2 heteroatoms. The SMILES string of the molecule is CCCCCCCCCOc1ccc(-c2ccc(C3CCC(C(C#N)CCC)CC3)cc2)cc1. The number of rotatable bonds is 14. The van der Waals surface area contributed by atoms with E-state index in [-0.39, 0.29) is 5.92 Å². The van der Waals surface area contributed by atoms with Gasteiger partial charge < -0.3 is 4.74 Å². The van der Waals surface area contributed by atoms with E-state index >= 15 is 0 Å². The highest BCUT2D eigenvalue weighted by Crippen LogP contribution is 2.40. The van der Waals surface area contributed by atoms with E-state index in [4.69, 9.17) is 4.74 Å². The van der Waals surface area contributed by atoms with Gasteiger partial charge in [-0.15, -0.1) is 0 Å². The quantitative estimate of drug-likeness (QED) is 0.263. The first-order valence-electron chi connectivity index (χ1n) is 14.0. The summed E-state index contributed by atoms with van der Waals surface area (Å²) in [6.07, 6.45) is 16.2. The molecule has 0 saturated heterocycles. The number of benzene rings is 2. The minimum absolute atomic E-state index is 0.260. The second kappa shape index (κ2) is 14.9. The molecule has 34 heavy (non-hydrogen) atoms. The molecule has 0 amide bonds. The Kier molecular flexibility index (Phi) is 11.5. The standard InChI is InChI=1S/C32H45NO/c1-3-5-6-7-8-9-10-24-34-32-22-20-29(21-23-32)28-14-12-26(13-15-28)27-16-18-30(19-17-27)31(25-33)11-4-2/h12-15,20-23,27,30-31H,3-11,16-19,24H2,1-2H3. The lowest BCUT2D eigenvalue weighted by molar-refractivity contribution is 0.259. The molecule has 2 aromatic rings. The van der Waals surface area contributed by atoms with Gasteiger partial charge in [0, 0.05) is 5.92 Å². The lowest BCUT2D eigenvalue weighted by atomic mass is 9.73. The maximum atomic E-state index is 9.49. The third-order valence-corrected chi connectivity index (χ3v) is 7.69. The van der Waals surface area contributed by atoms with Gasteiger partial charge in [-0.1, -0.05) is 95.2 Å². The fraction of sp³-hybridized carbons (Fsp3) is 0.594. The first-order chi connectivity index (χ1) is 16.7. The fourth-order valence-electron chi connectivity index (χ4n) is 5.51. The van der Waals surface area contributed by atoms with E-state index in [1.807, 2.05) is 0 Å². The predicted octanol–water partition coefficient (Wildman–Crippen LogP) is 9.70. The van der Waals surface area contributed by atoms with Crippen LogP contribution in [-0.2, 0) is 0 Å². The molecule has 0 spiro atoms. The van der Waals surface area contributed by atoms with Gasteiger partial charge in [0.1, 0.15) is 5.75 Å². The monoisotopic (exact) mass is 459 g/mol. The summed E-state index contributed by atoms with van der Waals surface area (Å²) in [7, 11) is 0. The van der Waals surface area contributed by atoms with Gasteiger partial charge in [0.2, 0.25) is 0 Å². The van der Waals surface area contributed by atoms with E-state index in [0.717, 1.165) is 31.6 Å². The van der Waals surface area contributed by atoms with Crippen molar-refractivity contribution in [1.29, 1.82) is 5.26 Å². The summed E-state index contributed by atoms with van der Waals surface area (Å²) in [5, 5.41) is 9.49. The van der Waals surface area contributed by atoms with E-state index in [1.54, 1.807) is 0 Å². The molecule has 1 aliphatic rings. The molecular formula is C32H45NO. The fourth-order valence-corrected chi connectivity index (χ4v) is 5.51. The summed E-state index contributed by atoms with van der Waals surface area (Å²) in [4.78, 5) is 0. The maximum Gasteiger partial charge on any atom is 0.119 e. The third-order valence-electron chi connectivity index (χ3n) is 7.69. The number of nitriles is 1. The molecule has 1 fully saturated rings. The van der Waals surface area contributed by atoms with Crippen LogP contribution < -0.4 is 4.74 Å². The molecular weight excluding hydrogens is 414 g/mol. The van der Waals surface area contributed by atoms with E-state index in [9.17, 15) is 5.26 Å². The lowest BCUT2D eigenvalue weighted by Crippen LogP contribution is -2.20. The number of ether oxygens (including phenoxy) is 1. The Morgan fingerprint density at radius 3 is 1.94 bits per heavy atom. The molecule has 0 aromatic heterocycles. The van der Waals surface area contributed by atoms with E-state index in [0.29, 0.717) is 11.8 Å². The van der Waals surface area contributed by atoms with Gasteiger partial charge >= 0.3 is 0 Å². The van der Waals surface area contributed by atoms with Crippen LogP contribution in [0.1, 0.15) is 109 Å². The van der Waals surface area contributed by atoms with Gasteiger partial charge in [0.05, 0.1) is 12.7 Å². The van der Waals surface area contributed by atoms with Crippen molar-refractivity contribution in [2.75, 3.05) is 6.61 Å². The summed E-state index contributed by atoms with van der Waals surface area (Å²) in [6.45, 7) is 5.27. The van der Waals surface area contributed by atoms with Crippen molar-refractivity contribution in [3.8, 4) is 22.9 Å². The number of hydrogen-bond donors (Lipinski definition) is 0. The molecule has 184 valence electrons. The molecule has 0 radical (unpaired) electrons. The molecule has 0 heterocycles. The van der Waals surface area contributed by atoms with Gasteiger partial charge in [-0.3, -0.25) is 0 Å². The van der Waals surface area contributed by atoms with Crippen molar-refractivity contribution in [1.82, 2.24) is 0 Å². The van der Waals surface area contributed by atoms with Crippen LogP contribution >= 0.6 is 0 Å². The Hall–Kier alpha value is -2.27. The molecule has 1 saturated carbocycles. The Balaban J connectivity index is 1.42. The first-order valence-corrected chi connectivity index (χ1v) is 14.0. The van der Waals surface area contributed by atoms with Crippen molar-refractivity contribution in [2.45, 2.75) is 103 Å². The van der Waals surface area contributed by atoms with Crippen LogP contribution in [-0.4, -0.2) is 6.61 Å². The van der Waals surface area contributed by atoms with Crippen LogP contribution in [0, 0.1) is 23.2 Å². The molecule has 2 nitrogen and oxygen atoms in total. The van der Waals surface area contributed by atoms with Crippen molar-refractivity contribution in [3.63, 3.8) is 0 Å². The minimum atomic E-state index is 0.260. The van der Waals surface area contributed by atoms with Gasteiger partial charge in [-0.2, -0.15) is 5.26 Å². The van der Waals surface area contributed by atoms with Crippen LogP contribution in [0.25, 0.3) is 11.1 Å². The second-order valence-corrected chi connectivity index (χ2v) is 10.3. The molecule has 3 rings (SSSR count). The summed E-state index contributed by atoms with van der Waals surface area (Å²) >= 11 is 0. The Bertz CT molecular complexity index is 840. The summed E-state index contributed by atoms with van der Waals surface area (Å²) in [6, 6.07) is 20.3. The highest BCUT2D eigenvalue weighted by molar-refractivity contribution is 5.64. The topological polar surface area (TPSA) is 33.0 Å². The maximum absolute atomic E-state index is 9.49. The summed E-state index contributed by atoms with van der Waals surface area (Å²) in [5.74, 6) is 2.48. The zero-order valence-electron chi connectivity index (χ0n) is 21.6. The highest BCUT2D eigenvalue weighted by atomic mass is 16.5. The van der Waals surface area contributed by atoms with Crippen LogP contribution in [0.2, 0.25) is 0 Å². The largest absolute Gasteiger partial charge is 0.494 e. The van der Waals surface area contributed by atoms with Gasteiger partial charge in [0.25, 0.3) is 0 Å². The Morgan fingerprint density at radius 2 is 1.35 bits per heavy atom. The Labute approximate surface area is 208 Å². The highest BCUT2D eigenvalue weighted by Gasteiger charge is 2.27. The smallest absolute Gasteiger partial charge is 0.119 e. The van der Waals surface area contributed by atoms with E-state index < -0.39 is 0 Å². The van der Waals surface area contributed by atoms with Crippen molar-refractivity contribution in [3.05, 3.63) is 54.1 Å². The molecule has 0 aliphatic heterocycles. The molecule has 2 aromatic carbocycles.